The van der Waals surface area contributed by atoms with Gasteiger partial charge in [0.05, 0.1) is 0 Å². The third kappa shape index (κ3) is 5.98. The van der Waals surface area contributed by atoms with Crippen molar-refractivity contribution in [1.29, 1.82) is 0 Å². The molecule has 0 heterocycles. The summed E-state index contributed by atoms with van der Waals surface area (Å²) >= 11 is 0. The number of terminal acetylenes is 1. The largest absolute Gasteiger partial charge is 0.120 e. The van der Waals surface area contributed by atoms with Crippen LogP contribution in [0.1, 0.15) is 31.2 Å². The number of aryl methyl sites for hydroxylation is 1. The van der Waals surface area contributed by atoms with E-state index in [2.05, 4.69) is 40.2 Å². The topological polar surface area (TPSA) is 48.8 Å². The molecule has 0 aliphatic carbocycles. The second-order valence-electron chi connectivity index (χ2n) is 4.34. The van der Waals surface area contributed by atoms with Crippen LogP contribution in [0.4, 0.5) is 0 Å². The maximum atomic E-state index is 8.16. The zero-order valence-electron chi connectivity index (χ0n) is 10.6. The highest BCUT2D eigenvalue weighted by Gasteiger charge is 2.05. The number of benzene rings is 1. The van der Waals surface area contributed by atoms with Gasteiger partial charge in [-0.25, -0.2) is 0 Å². The minimum absolute atomic E-state index is 0.330. The fourth-order valence-corrected chi connectivity index (χ4v) is 1.91. The van der Waals surface area contributed by atoms with Gasteiger partial charge in [0, 0.05) is 17.4 Å². The molecule has 0 radical (unpaired) electrons. The highest BCUT2D eigenvalue weighted by atomic mass is 15.1. The van der Waals surface area contributed by atoms with Crippen molar-refractivity contribution in [2.24, 2.45) is 11.0 Å². The highest BCUT2D eigenvalue weighted by molar-refractivity contribution is 5.15. The summed E-state index contributed by atoms with van der Waals surface area (Å²) in [5, 5.41) is 3.52. The van der Waals surface area contributed by atoms with Crippen LogP contribution in [0.3, 0.4) is 0 Å². The lowest BCUT2D eigenvalue weighted by atomic mass is 9.95. The Morgan fingerprint density at radius 1 is 1.22 bits per heavy atom. The van der Waals surface area contributed by atoms with Crippen LogP contribution in [0.2, 0.25) is 0 Å². The molecule has 0 amide bonds. The summed E-state index contributed by atoms with van der Waals surface area (Å²) in [6, 6.07) is 10.4. The van der Waals surface area contributed by atoms with E-state index in [1.54, 1.807) is 0 Å². The van der Waals surface area contributed by atoms with Crippen molar-refractivity contribution in [3.63, 3.8) is 0 Å². The van der Waals surface area contributed by atoms with Gasteiger partial charge < -0.3 is 0 Å². The van der Waals surface area contributed by atoms with E-state index >= 15 is 0 Å². The van der Waals surface area contributed by atoms with Crippen molar-refractivity contribution in [2.75, 3.05) is 6.54 Å². The molecule has 0 aliphatic heterocycles. The Morgan fingerprint density at radius 3 is 2.67 bits per heavy atom. The SMILES string of the molecule is C#C[C@H](CCCCN=[N+]=[N-])CCc1ccccc1. The number of nitrogens with zero attached hydrogens (tertiary/aromatic N) is 3. The smallest absolute Gasteiger partial charge is 0.0257 e. The highest BCUT2D eigenvalue weighted by Crippen LogP contribution is 2.15. The normalized spacial score (nSPS) is 11.3. The van der Waals surface area contributed by atoms with E-state index in [1.807, 2.05) is 6.07 Å². The van der Waals surface area contributed by atoms with Crippen molar-refractivity contribution in [2.45, 2.75) is 32.1 Å². The second-order valence-corrected chi connectivity index (χ2v) is 4.34. The summed E-state index contributed by atoms with van der Waals surface area (Å²) < 4.78 is 0. The lowest BCUT2D eigenvalue weighted by Gasteiger charge is -2.09. The van der Waals surface area contributed by atoms with Crippen LogP contribution in [-0.4, -0.2) is 6.54 Å². The molecular weight excluding hydrogens is 222 g/mol. The monoisotopic (exact) mass is 241 g/mol. The molecule has 1 atom stereocenters. The van der Waals surface area contributed by atoms with E-state index in [4.69, 9.17) is 12.0 Å². The molecule has 0 aliphatic rings. The van der Waals surface area contributed by atoms with Gasteiger partial charge in [0.15, 0.2) is 0 Å². The first-order valence-corrected chi connectivity index (χ1v) is 6.37. The summed E-state index contributed by atoms with van der Waals surface area (Å²) in [6.07, 6.45) is 10.6. The Morgan fingerprint density at radius 2 is 2.00 bits per heavy atom. The number of azide groups is 1. The standard InChI is InChI=1S/C15H19N3/c1-2-14(8-6-7-13-17-18-16)11-12-15-9-4-3-5-10-15/h1,3-5,9-10,14H,6-8,11-13H2/t14-/m1/s1. The molecule has 1 aromatic rings. The first-order valence-electron chi connectivity index (χ1n) is 6.37. The van der Waals surface area contributed by atoms with Crippen LogP contribution in [0, 0.1) is 18.3 Å². The maximum Gasteiger partial charge on any atom is 0.0257 e. The van der Waals surface area contributed by atoms with Crippen LogP contribution >= 0.6 is 0 Å². The molecule has 94 valence electrons. The van der Waals surface area contributed by atoms with Gasteiger partial charge in [-0.1, -0.05) is 41.9 Å². The molecule has 1 rings (SSSR count). The Balaban J connectivity index is 2.22. The molecule has 1 aromatic carbocycles. The van der Waals surface area contributed by atoms with Gasteiger partial charge >= 0.3 is 0 Å². The number of hydrogen-bond donors (Lipinski definition) is 0. The van der Waals surface area contributed by atoms with E-state index < -0.39 is 0 Å². The summed E-state index contributed by atoms with van der Waals surface area (Å²) in [5.41, 5.74) is 9.50. The van der Waals surface area contributed by atoms with Crippen LogP contribution < -0.4 is 0 Å². The Kier molecular flexibility index (Phi) is 7.20. The van der Waals surface area contributed by atoms with Crippen LogP contribution in [0.5, 0.6) is 0 Å². The average Bonchev–Trinajstić information content (AvgIpc) is 2.43. The molecule has 0 bridgehead atoms. The van der Waals surface area contributed by atoms with Crippen molar-refractivity contribution >= 4 is 0 Å². The van der Waals surface area contributed by atoms with E-state index in [1.165, 1.54) is 5.56 Å². The van der Waals surface area contributed by atoms with Crippen molar-refractivity contribution in [1.82, 2.24) is 0 Å². The minimum atomic E-state index is 0.330. The average molecular weight is 241 g/mol. The van der Waals surface area contributed by atoms with E-state index in [0.717, 1.165) is 32.1 Å². The molecule has 3 nitrogen and oxygen atoms in total. The molecule has 3 heteroatoms. The molecule has 0 saturated heterocycles. The van der Waals surface area contributed by atoms with Crippen LogP contribution in [0.25, 0.3) is 10.4 Å². The maximum absolute atomic E-state index is 8.16. The summed E-state index contributed by atoms with van der Waals surface area (Å²) in [4.78, 5) is 2.73. The molecule has 0 spiro atoms. The summed E-state index contributed by atoms with van der Waals surface area (Å²) in [5.74, 6) is 3.19. The second kappa shape index (κ2) is 9.15. The van der Waals surface area contributed by atoms with Crippen LogP contribution in [-0.2, 0) is 6.42 Å². The fourth-order valence-electron chi connectivity index (χ4n) is 1.91. The Hall–Kier alpha value is -1.91. The Labute approximate surface area is 109 Å². The molecular formula is C15H19N3. The number of rotatable bonds is 8. The lowest BCUT2D eigenvalue weighted by molar-refractivity contribution is 0.527. The molecule has 0 fully saturated rings. The minimum Gasteiger partial charge on any atom is -0.120 e. The van der Waals surface area contributed by atoms with Gasteiger partial charge in [0.1, 0.15) is 0 Å². The third-order valence-electron chi connectivity index (χ3n) is 2.98. The Bertz CT molecular complexity index is 413. The van der Waals surface area contributed by atoms with E-state index in [0.29, 0.717) is 12.5 Å². The zero-order valence-corrected chi connectivity index (χ0v) is 10.6. The van der Waals surface area contributed by atoms with Crippen molar-refractivity contribution < 1.29 is 0 Å². The molecule has 0 unspecified atom stereocenters. The van der Waals surface area contributed by atoms with Gasteiger partial charge in [-0.3, -0.25) is 0 Å². The van der Waals surface area contributed by atoms with E-state index in [9.17, 15) is 0 Å². The van der Waals surface area contributed by atoms with Gasteiger partial charge in [-0.15, -0.1) is 12.3 Å². The van der Waals surface area contributed by atoms with Crippen LogP contribution in [0.15, 0.2) is 35.4 Å². The van der Waals surface area contributed by atoms with Gasteiger partial charge in [-0.05, 0) is 36.8 Å². The zero-order chi connectivity index (χ0) is 13.1. The van der Waals surface area contributed by atoms with E-state index in [-0.39, 0.29) is 0 Å². The first kappa shape index (κ1) is 14.2. The van der Waals surface area contributed by atoms with Crippen molar-refractivity contribution in [3.8, 4) is 12.3 Å². The molecule has 18 heavy (non-hydrogen) atoms. The lowest BCUT2D eigenvalue weighted by Crippen LogP contribution is -2.00. The summed E-state index contributed by atoms with van der Waals surface area (Å²) in [7, 11) is 0. The number of unbranched alkanes of at least 4 members (excludes halogenated alkanes) is 1. The fraction of sp³-hybridized carbons (Fsp3) is 0.467. The third-order valence-corrected chi connectivity index (χ3v) is 2.98. The summed E-state index contributed by atoms with van der Waals surface area (Å²) in [6.45, 7) is 0.576. The molecule has 0 saturated carbocycles. The quantitative estimate of drug-likeness (QED) is 0.214. The van der Waals surface area contributed by atoms with Crippen molar-refractivity contribution in [3.05, 3.63) is 46.3 Å². The van der Waals surface area contributed by atoms with Gasteiger partial charge in [-0.2, -0.15) is 0 Å². The number of hydrogen-bond acceptors (Lipinski definition) is 1. The predicted molar refractivity (Wildman–Crippen MR) is 75.0 cm³/mol. The van der Waals surface area contributed by atoms with Gasteiger partial charge in [0.2, 0.25) is 0 Å². The molecule has 0 N–H and O–H groups in total. The molecule has 0 aromatic heterocycles. The first-order chi connectivity index (χ1) is 8.86. The van der Waals surface area contributed by atoms with Gasteiger partial charge in [0.25, 0.3) is 0 Å². The predicted octanol–water partition coefficient (Wildman–Crippen LogP) is 4.35.